The predicted molar refractivity (Wildman–Crippen MR) is 60.0 cm³/mol. The summed E-state index contributed by atoms with van der Waals surface area (Å²) >= 11 is 0. The van der Waals surface area contributed by atoms with Crippen LogP contribution in [0.2, 0.25) is 0 Å². The third-order valence-corrected chi connectivity index (χ3v) is 2.98. The Morgan fingerprint density at radius 3 is 3.00 bits per heavy atom. The molecule has 0 saturated carbocycles. The van der Waals surface area contributed by atoms with Crippen LogP contribution in [0.5, 0.6) is 0 Å². The van der Waals surface area contributed by atoms with Crippen molar-refractivity contribution in [2.24, 2.45) is 5.92 Å². The zero-order valence-electron chi connectivity index (χ0n) is 8.66. The fourth-order valence-corrected chi connectivity index (χ4v) is 2.14. The van der Waals surface area contributed by atoms with Gasteiger partial charge in [0.2, 0.25) is 0 Å². The van der Waals surface area contributed by atoms with Crippen molar-refractivity contribution < 1.29 is 0 Å². The molecule has 1 aliphatic rings. The van der Waals surface area contributed by atoms with Crippen molar-refractivity contribution in [3.8, 4) is 0 Å². The highest BCUT2D eigenvalue weighted by Gasteiger charge is 2.19. The molecule has 2 unspecified atom stereocenters. The summed E-state index contributed by atoms with van der Waals surface area (Å²) in [6.07, 6.45) is 2.52. The lowest BCUT2D eigenvalue weighted by atomic mass is 9.90. The number of piperidine rings is 1. The predicted octanol–water partition coefficient (Wildman–Crippen LogP) is 2.33. The van der Waals surface area contributed by atoms with Crippen LogP contribution in [0.4, 0.5) is 5.69 Å². The molecule has 1 aromatic carbocycles. The Labute approximate surface area is 85.5 Å². The topological polar surface area (TPSA) is 38.0 Å². The zero-order valence-corrected chi connectivity index (χ0v) is 8.66. The van der Waals surface area contributed by atoms with Gasteiger partial charge in [-0.15, -0.1) is 0 Å². The van der Waals surface area contributed by atoms with Gasteiger partial charge in [0.15, 0.2) is 0 Å². The van der Waals surface area contributed by atoms with Crippen LogP contribution in [0.15, 0.2) is 24.3 Å². The number of anilines is 1. The number of nitrogen functional groups attached to an aromatic ring is 1. The Balaban J connectivity index is 2.14. The fraction of sp³-hybridized carbons (Fsp3) is 0.500. The highest BCUT2D eigenvalue weighted by atomic mass is 14.9. The average Bonchev–Trinajstić information content (AvgIpc) is 2.18. The van der Waals surface area contributed by atoms with Crippen LogP contribution in [0.1, 0.15) is 31.4 Å². The maximum atomic E-state index is 5.77. The number of benzene rings is 1. The molecule has 0 aliphatic carbocycles. The summed E-state index contributed by atoms with van der Waals surface area (Å²) in [5.74, 6) is 0.822. The second kappa shape index (κ2) is 4.01. The van der Waals surface area contributed by atoms with Crippen LogP contribution < -0.4 is 11.1 Å². The molecule has 3 N–H and O–H groups in total. The van der Waals surface area contributed by atoms with E-state index in [4.69, 9.17) is 5.73 Å². The van der Waals surface area contributed by atoms with Crippen molar-refractivity contribution in [1.29, 1.82) is 0 Å². The van der Waals surface area contributed by atoms with Crippen LogP contribution in [-0.4, -0.2) is 6.54 Å². The van der Waals surface area contributed by atoms with Gasteiger partial charge in [0.25, 0.3) is 0 Å². The van der Waals surface area contributed by atoms with Crippen LogP contribution in [-0.2, 0) is 0 Å². The van der Waals surface area contributed by atoms with Crippen LogP contribution in [0, 0.1) is 5.92 Å². The number of hydrogen-bond acceptors (Lipinski definition) is 2. The molecule has 1 fully saturated rings. The van der Waals surface area contributed by atoms with E-state index in [1.165, 1.54) is 18.4 Å². The van der Waals surface area contributed by atoms with Gasteiger partial charge in [-0.25, -0.2) is 0 Å². The minimum absolute atomic E-state index is 0.502. The van der Waals surface area contributed by atoms with Crippen LogP contribution in [0.25, 0.3) is 0 Å². The highest BCUT2D eigenvalue weighted by Crippen LogP contribution is 2.27. The van der Waals surface area contributed by atoms with Gasteiger partial charge in [-0.2, -0.15) is 0 Å². The third kappa shape index (κ3) is 2.07. The molecule has 0 bridgehead atoms. The molecule has 1 saturated heterocycles. The molecule has 2 rings (SSSR count). The highest BCUT2D eigenvalue weighted by molar-refractivity contribution is 5.41. The van der Waals surface area contributed by atoms with E-state index in [2.05, 4.69) is 24.4 Å². The molecule has 76 valence electrons. The van der Waals surface area contributed by atoms with Crippen molar-refractivity contribution >= 4 is 5.69 Å². The van der Waals surface area contributed by atoms with E-state index < -0.39 is 0 Å². The Kier molecular flexibility index (Phi) is 2.73. The van der Waals surface area contributed by atoms with Gasteiger partial charge in [0, 0.05) is 11.7 Å². The molecule has 0 radical (unpaired) electrons. The first-order valence-electron chi connectivity index (χ1n) is 5.34. The molecule has 0 spiro atoms. The quantitative estimate of drug-likeness (QED) is 0.667. The number of nitrogens with two attached hydrogens (primary N) is 1. The first-order valence-corrected chi connectivity index (χ1v) is 5.34. The summed E-state index contributed by atoms with van der Waals surface area (Å²) < 4.78 is 0. The maximum absolute atomic E-state index is 5.77. The van der Waals surface area contributed by atoms with Crippen molar-refractivity contribution in [1.82, 2.24) is 5.32 Å². The van der Waals surface area contributed by atoms with Crippen molar-refractivity contribution in [3.05, 3.63) is 29.8 Å². The molecular formula is C12H18N2. The summed E-state index contributed by atoms with van der Waals surface area (Å²) in [5, 5.41) is 3.54. The van der Waals surface area contributed by atoms with Crippen molar-refractivity contribution in [3.63, 3.8) is 0 Å². The lowest BCUT2D eigenvalue weighted by molar-refractivity contribution is 0.325. The molecule has 0 amide bonds. The normalized spacial score (nSPS) is 27.5. The number of nitrogens with one attached hydrogen (secondary N) is 1. The van der Waals surface area contributed by atoms with Gasteiger partial charge in [0.05, 0.1) is 0 Å². The van der Waals surface area contributed by atoms with Crippen LogP contribution in [0.3, 0.4) is 0 Å². The Morgan fingerprint density at radius 1 is 1.43 bits per heavy atom. The standard InChI is InChI=1S/C12H18N2/c1-9-5-6-14-12(7-9)10-3-2-4-11(13)8-10/h2-4,8-9,12,14H,5-7,13H2,1H3. The first-order chi connectivity index (χ1) is 6.75. The van der Waals surface area contributed by atoms with E-state index in [-0.39, 0.29) is 0 Å². The summed E-state index contributed by atoms with van der Waals surface area (Å²) in [6.45, 7) is 3.45. The Bertz CT molecular complexity index is 309. The smallest absolute Gasteiger partial charge is 0.0323 e. The lowest BCUT2D eigenvalue weighted by Gasteiger charge is -2.28. The molecule has 2 heteroatoms. The lowest BCUT2D eigenvalue weighted by Crippen LogP contribution is -2.30. The second-order valence-corrected chi connectivity index (χ2v) is 4.31. The van der Waals surface area contributed by atoms with Gasteiger partial charge in [0.1, 0.15) is 0 Å². The minimum Gasteiger partial charge on any atom is -0.399 e. The van der Waals surface area contributed by atoms with E-state index in [9.17, 15) is 0 Å². The van der Waals surface area contributed by atoms with E-state index in [1.54, 1.807) is 0 Å². The van der Waals surface area contributed by atoms with Gasteiger partial charge in [-0.05, 0) is 43.0 Å². The fourth-order valence-electron chi connectivity index (χ4n) is 2.14. The summed E-state index contributed by atoms with van der Waals surface area (Å²) in [4.78, 5) is 0. The molecule has 1 aliphatic heterocycles. The largest absolute Gasteiger partial charge is 0.399 e. The number of hydrogen-bond donors (Lipinski definition) is 2. The van der Waals surface area contributed by atoms with Gasteiger partial charge < -0.3 is 11.1 Å². The molecule has 2 atom stereocenters. The Hall–Kier alpha value is -1.02. The number of rotatable bonds is 1. The molecule has 14 heavy (non-hydrogen) atoms. The molecule has 0 aromatic heterocycles. The second-order valence-electron chi connectivity index (χ2n) is 4.31. The first kappa shape index (κ1) is 9.53. The van der Waals surface area contributed by atoms with E-state index in [1.807, 2.05) is 12.1 Å². The summed E-state index contributed by atoms with van der Waals surface area (Å²) in [6, 6.07) is 8.71. The minimum atomic E-state index is 0.502. The average molecular weight is 190 g/mol. The van der Waals surface area contributed by atoms with Crippen molar-refractivity contribution in [2.75, 3.05) is 12.3 Å². The van der Waals surface area contributed by atoms with E-state index in [0.717, 1.165) is 18.2 Å². The maximum Gasteiger partial charge on any atom is 0.0323 e. The summed E-state index contributed by atoms with van der Waals surface area (Å²) in [7, 11) is 0. The summed E-state index contributed by atoms with van der Waals surface area (Å²) in [5.41, 5.74) is 7.97. The molecular weight excluding hydrogens is 172 g/mol. The monoisotopic (exact) mass is 190 g/mol. The SMILES string of the molecule is CC1CCNC(c2cccc(N)c2)C1. The molecule has 2 nitrogen and oxygen atoms in total. The zero-order chi connectivity index (χ0) is 9.97. The Morgan fingerprint density at radius 2 is 2.29 bits per heavy atom. The molecule has 1 aromatic rings. The molecule has 1 heterocycles. The van der Waals surface area contributed by atoms with Gasteiger partial charge in [-0.1, -0.05) is 19.1 Å². The van der Waals surface area contributed by atoms with Crippen LogP contribution >= 0.6 is 0 Å². The van der Waals surface area contributed by atoms with Crippen molar-refractivity contribution in [2.45, 2.75) is 25.8 Å². The third-order valence-electron chi connectivity index (χ3n) is 2.98. The van der Waals surface area contributed by atoms with E-state index in [0.29, 0.717) is 6.04 Å². The van der Waals surface area contributed by atoms with Gasteiger partial charge >= 0.3 is 0 Å². The van der Waals surface area contributed by atoms with Gasteiger partial charge in [-0.3, -0.25) is 0 Å². The van der Waals surface area contributed by atoms with E-state index >= 15 is 0 Å².